The van der Waals surface area contributed by atoms with Crippen LogP contribution < -0.4 is 20.7 Å². The highest BCUT2D eigenvalue weighted by Gasteiger charge is 2.25. The summed E-state index contributed by atoms with van der Waals surface area (Å²) in [5, 5.41) is 0. The summed E-state index contributed by atoms with van der Waals surface area (Å²) < 4.78 is 10.4. The number of hydrogen-bond donors (Lipinski definition) is 2. The van der Waals surface area contributed by atoms with Crippen LogP contribution in [0.4, 0.5) is 0 Å². The highest BCUT2D eigenvalue weighted by molar-refractivity contribution is 7.12. The molecule has 0 aromatic carbocycles. The average molecular weight is 306 g/mol. The minimum absolute atomic E-state index is 0.228. The van der Waals surface area contributed by atoms with Crippen LogP contribution in [0, 0.1) is 0 Å². The third-order valence-corrected chi connectivity index (χ3v) is 4.94. The number of hydrazine groups is 1. The van der Waals surface area contributed by atoms with Crippen molar-refractivity contribution >= 4 is 11.3 Å². The fourth-order valence-corrected chi connectivity index (χ4v) is 3.92. The summed E-state index contributed by atoms with van der Waals surface area (Å²) >= 11 is 1.78. The topological polar surface area (TPSA) is 82.3 Å². The number of rotatable bonds is 5. The molecule has 0 saturated heterocycles. The van der Waals surface area contributed by atoms with E-state index < -0.39 is 0 Å². The van der Waals surface area contributed by atoms with Gasteiger partial charge in [0.05, 0.1) is 20.4 Å². The molecule has 0 saturated carbocycles. The molecule has 21 heavy (non-hydrogen) atoms. The molecule has 7 heteroatoms. The van der Waals surface area contributed by atoms with Crippen LogP contribution in [0.25, 0.3) is 0 Å². The van der Waals surface area contributed by atoms with Crippen molar-refractivity contribution in [2.45, 2.75) is 25.3 Å². The molecule has 2 heterocycles. The third-order valence-electron chi connectivity index (χ3n) is 3.64. The highest BCUT2D eigenvalue weighted by atomic mass is 32.1. The molecule has 0 aliphatic heterocycles. The number of nitrogens with one attached hydrogen (secondary N) is 1. The standard InChI is InChI=1S/C14H18N4O2S/c1-19-11-7-16-13(14(17-11)20-2)12(18-15)10-6-8-4-3-5-9(8)21-10/h6-7,12,18H,3-5,15H2,1-2H3. The van der Waals surface area contributed by atoms with Gasteiger partial charge in [-0.25, -0.2) is 10.4 Å². The molecule has 0 spiro atoms. The summed E-state index contributed by atoms with van der Waals surface area (Å²) in [5.74, 6) is 6.59. The number of nitrogens with zero attached hydrogens (tertiary/aromatic N) is 2. The van der Waals surface area contributed by atoms with Crippen LogP contribution in [0.15, 0.2) is 12.3 Å². The first kappa shape index (κ1) is 14.2. The molecule has 6 nitrogen and oxygen atoms in total. The fraction of sp³-hybridized carbons (Fsp3) is 0.429. The van der Waals surface area contributed by atoms with E-state index in [9.17, 15) is 0 Å². The van der Waals surface area contributed by atoms with Gasteiger partial charge in [0.2, 0.25) is 11.8 Å². The van der Waals surface area contributed by atoms with E-state index in [0.717, 1.165) is 17.7 Å². The summed E-state index contributed by atoms with van der Waals surface area (Å²) in [5.41, 5.74) is 4.92. The van der Waals surface area contributed by atoms with Crippen LogP contribution in [0.5, 0.6) is 11.8 Å². The van der Waals surface area contributed by atoms with E-state index in [0.29, 0.717) is 17.5 Å². The Morgan fingerprint density at radius 1 is 1.33 bits per heavy atom. The van der Waals surface area contributed by atoms with Crippen LogP contribution in [0.1, 0.15) is 33.5 Å². The van der Waals surface area contributed by atoms with Crippen molar-refractivity contribution in [2.75, 3.05) is 14.2 Å². The second kappa shape index (κ2) is 5.97. The lowest BCUT2D eigenvalue weighted by atomic mass is 10.1. The van der Waals surface area contributed by atoms with Crippen LogP contribution in [-0.4, -0.2) is 24.2 Å². The van der Waals surface area contributed by atoms with Gasteiger partial charge in [-0.05, 0) is 30.9 Å². The molecule has 112 valence electrons. The fourth-order valence-electron chi connectivity index (χ4n) is 2.60. The van der Waals surface area contributed by atoms with Gasteiger partial charge in [0, 0.05) is 9.75 Å². The molecule has 3 rings (SSSR count). The van der Waals surface area contributed by atoms with Crippen molar-refractivity contribution in [3.8, 4) is 11.8 Å². The summed E-state index contributed by atoms with van der Waals surface area (Å²) in [6, 6.07) is 1.98. The van der Waals surface area contributed by atoms with Gasteiger partial charge in [-0.15, -0.1) is 11.3 Å². The number of aromatic nitrogens is 2. The predicted octanol–water partition coefficient (Wildman–Crippen LogP) is 1.60. The van der Waals surface area contributed by atoms with Crippen LogP contribution >= 0.6 is 11.3 Å². The molecule has 3 N–H and O–H groups in total. The van der Waals surface area contributed by atoms with E-state index in [1.807, 2.05) is 0 Å². The first-order chi connectivity index (χ1) is 10.3. The van der Waals surface area contributed by atoms with Crippen LogP contribution in [-0.2, 0) is 12.8 Å². The van der Waals surface area contributed by atoms with Crippen molar-refractivity contribution in [2.24, 2.45) is 5.84 Å². The van der Waals surface area contributed by atoms with Crippen molar-refractivity contribution in [3.05, 3.63) is 33.3 Å². The summed E-state index contributed by atoms with van der Waals surface area (Å²) in [6.45, 7) is 0. The van der Waals surface area contributed by atoms with E-state index in [2.05, 4.69) is 21.5 Å². The molecule has 0 bridgehead atoms. The smallest absolute Gasteiger partial charge is 0.240 e. The van der Waals surface area contributed by atoms with Gasteiger partial charge in [0.15, 0.2) is 0 Å². The number of aryl methyl sites for hydroxylation is 2. The van der Waals surface area contributed by atoms with Gasteiger partial charge in [0.25, 0.3) is 0 Å². The van der Waals surface area contributed by atoms with Crippen molar-refractivity contribution in [1.29, 1.82) is 0 Å². The number of thiophene rings is 1. The minimum Gasteiger partial charge on any atom is -0.480 e. The SMILES string of the molecule is COc1cnc(C(NN)c2cc3c(s2)CCC3)c(OC)n1. The lowest BCUT2D eigenvalue weighted by Crippen LogP contribution is -2.29. The zero-order valence-corrected chi connectivity index (χ0v) is 12.9. The van der Waals surface area contributed by atoms with Crippen molar-refractivity contribution in [1.82, 2.24) is 15.4 Å². The van der Waals surface area contributed by atoms with E-state index >= 15 is 0 Å². The molecule has 1 aliphatic carbocycles. The number of hydrogen-bond acceptors (Lipinski definition) is 7. The summed E-state index contributed by atoms with van der Waals surface area (Å²) in [7, 11) is 3.11. The molecular weight excluding hydrogens is 288 g/mol. The van der Waals surface area contributed by atoms with E-state index in [4.69, 9.17) is 15.3 Å². The van der Waals surface area contributed by atoms with Crippen molar-refractivity contribution in [3.63, 3.8) is 0 Å². The number of nitrogens with two attached hydrogens (primary N) is 1. The van der Waals surface area contributed by atoms with Gasteiger partial charge in [0.1, 0.15) is 11.7 Å². The Morgan fingerprint density at radius 3 is 2.86 bits per heavy atom. The number of ether oxygens (including phenoxy) is 2. The molecule has 1 atom stereocenters. The molecule has 0 radical (unpaired) electrons. The van der Waals surface area contributed by atoms with Gasteiger partial charge >= 0.3 is 0 Å². The first-order valence-electron chi connectivity index (χ1n) is 6.79. The molecule has 0 fully saturated rings. The largest absolute Gasteiger partial charge is 0.480 e. The van der Waals surface area contributed by atoms with Gasteiger partial charge in [-0.2, -0.15) is 4.98 Å². The van der Waals surface area contributed by atoms with Gasteiger partial charge < -0.3 is 9.47 Å². The van der Waals surface area contributed by atoms with Crippen LogP contribution in [0.3, 0.4) is 0 Å². The predicted molar refractivity (Wildman–Crippen MR) is 80.6 cm³/mol. The second-order valence-electron chi connectivity index (χ2n) is 4.86. The van der Waals surface area contributed by atoms with E-state index in [1.54, 1.807) is 31.8 Å². The maximum atomic E-state index is 5.75. The highest BCUT2D eigenvalue weighted by Crippen LogP contribution is 2.37. The number of methoxy groups -OCH3 is 2. The maximum Gasteiger partial charge on any atom is 0.240 e. The minimum atomic E-state index is -0.228. The first-order valence-corrected chi connectivity index (χ1v) is 7.61. The lowest BCUT2D eigenvalue weighted by molar-refractivity contribution is 0.353. The Bertz CT molecular complexity index is 622. The Labute approximate surface area is 127 Å². The van der Waals surface area contributed by atoms with Gasteiger partial charge in [-0.3, -0.25) is 5.84 Å². The Hall–Kier alpha value is -1.70. The summed E-state index contributed by atoms with van der Waals surface area (Å²) in [4.78, 5) is 11.3. The second-order valence-corrected chi connectivity index (χ2v) is 6.03. The van der Waals surface area contributed by atoms with Crippen LogP contribution in [0.2, 0.25) is 0 Å². The van der Waals surface area contributed by atoms with E-state index in [-0.39, 0.29) is 6.04 Å². The molecule has 0 amide bonds. The lowest BCUT2D eigenvalue weighted by Gasteiger charge is -2.16. The Morgan fingerprint density at radius 2 is 2.19 bits per heavy atom. The van der Waals surface area contributed by atoms with E-state index in [1.165, 1.54) is 16.9 Å². The Balaban J connectivity index is 1.99. The van der Waals surface area contributed by atoms with Crippen molar-refractivity contribution < 1.29 is 9.47 Å². The Kier molecular flexibility index (Phi) is 4.05. The molecule has 2 aromatic heterocycles. The summed E-state index contributed by atoms with van der Waals surface area (Å²) in [6.07, 6.45) is 5.12. The zero-order valence-electron chi connectivity index (χ0n) is 12.0. The quantitative estimate of drug-likeness (QED) is 0.645. The number of fused-ring (bicyclic) bond motifs is 1. The maximum absolute atomic E-state index is 5.75. The monoisotopic (exact) mass is 306 g/mol. The normalized spacial score (nSPS) is 14.8. The zero-order chi connectivity index (χ0) is 14.8. The third kappa shape index (κ3) is 2.59. The molecule has 1 unspecified atom stereocenters. The molecule has 2 aromatic rings. The molecule has 1 aliphatic rings. The van der Waals surface area contributed by atoms with Gasteiger partial charge in [-0.1, -0.05) is 0 Å². The average Bonchev–Trinajstić information content (AvgIpc) is 3.10. The molecular formula is C14H18N4O2S.